The smallest absolute Gasteiger partial charge is 0.537 e. The second-order valence-corrected chi connectivity index (χ2v) is 5.52. The highest BCUT2D eigenvalue weighted by atomic mass is 16.5. The Hall–Kier alpha value is -3.18. The highest BCUT2D eigenvalue weighted by molar-refractivity contribution is 6.17. The van der Waals surface area contributed by atoms with Gasteiger partial charge < -0.3 is 9.68 Å². The molecule has 1 N–H and O–H groups in total. The van der Waals surface area contributed by atoms with Crippen LogP contribution >= 0.6 is 0 Å². The van der Waals surface area contributed by atoms with Crippen molar-refractivity contribution in [1.29, 1.82) is 0 Å². The molecule has 1 aromatic heterocycles. The molecule has 0 atom stereocenters. The second kappa shape index (κ2) is 6.75. The lowest BCUT2D eigenvalue weighted by Gasteiger charge is -2.11. The molecule has 0 amide bonds. The summed E-state index contributed by atoms with van der Waals surface area (Å²) in [6.45, 7) is 0. The van der Waals surface area contributed by atoms with Crippen LogP contribution < -0.4 is 4.65 Å². The zero-order valence-corrected chi connectivity index (χ0v) is 13.3. The Balaban J connectivity index is 1.91. The number of hydrogen-bond acceptors (Lipinski definition) is 4. The van der Waals surface area contributed by atoms with Crippen LogP contribution in [0.3, 0.4) is 0 Å². The minimum absolute atomic E-state index is 0.557. The van der Waals surface area contributed by atoms with E-state index in [1.165, 1.54) is 0 Å². The van der Waals surface area contributed by atoms with Crippen LogP contribution in [0.2, 0.25) is 0 Å². The average Bonchev–Trinajstić information content (AvgIpc) is 2.68. The van der Waals surface area contributed by atoms with Gasteiger partial charge in [-0.1, -0.05) is 42.5 Å². The summed E-state index contributed by atoms with van der Waals surface area (Å²) < 4.78 is 4.98. The minimum atomic E-state index is 0.557. The van der Waals surface area contributed by atoms with Gasteiger partial charge in [-0.25, -0.2) is 9.97 Å². The lowest BCUT2D eigenvalue weighted by molar-refractivity contribution is 0.454. The Kier molecular flexibility index (Phi) is 4.15. The van der Waals surface area contributed by atoms with Crippen LogP contribution in [0.5, 0.6) is 5.75 Å². The van der Waals surface area contributed by atoms with Gasteiger partial charge in [0.2, 0.25) is 0 Å². The maximum Gasteiger partial charge on any atom is 0.569 e. The van der Waals surface area contributed by atoms with E-state index in [1.54, 1.807) is 12.1 Å². The van der Waals surface area contributed by atoms with Crippen molar-refractivity contribution in [3.63, 3.8) is 0 Å². The first kappa shape index (κ1) is 15.4. The maximum absolute atomic E-state index is 8.75. The fraction of sp³-hybridized carbons (Fsp3) is 0. The average molecular weight is 325 g/mol. The molecule has 0 fully saturated rings. The molecule has 0 aliphatic carbocycles. The summed E-state index contributed by atoms with van der Waals surface area (Å²) >= 11 is 0. The van der Waals surface area contributed by atoms with Gasteiger partial charge in [-0.15, -0.1) is 0 Å². The molecule has 0 unspecified atom stereocenters. The summed E-state index contributed by atoms with van der Waals surface area (Å²) in [6.07, 6.45) is 0. The van der Waals surface area contributed by atoms with Gasteiger partial charge in [-0.2, -0.15) is 0 Å². The van der Waals surface area contributed by atoms with Crippen molar-refractivity contribution in [3.8, 4) is 28.3 Å². The number of benzene rings is 3. The SMILES string of the molecule is O[B]Oc1ccc(-c2nc3ccccc3nc2-c2ccccc2)cc1. The first-order chi connectivity index (χ1) is 12.3. The molecule has 0 saturated heterocycles. The van der Waals surface area contributed by atoms with E-state index < -0.39 is 0 Å². The molecule has 25 heavy (non-hydrogen) atoms. The number of rotatable bonds is 4. The predicted molar refractivity (Wildman–Crippen MR) is 99.0 cm³/mol. The van der Waals surface area contributed by atoms with E-state index in [4.69, 9.17) is 19.6 Å². The fourth-order valence-corrected chi connectivity index (χ4v) is 2.75. The topological polar surface area (TPSA) is 55.2 Å². The molecule has 0 aliphatic heterocycles. The Bertz CT molecular complexity index is 1010. The van der Waals surface area contributed by atoms with E-state index in [1.807, 2.05) is 66.7 Å². The molecule has 0 aliphatic rings. The zero-order chi connectivity index (χ0) is 17.1. The minimum Gasteiger partial charge on any atom is -0.537 e. The van der Waals surface area contributed by atoms with Gasteiger partial charge in [0.1, 0.15) is 5.75 Å². The van der Waals surface area contributed by atoms with Crippen LogP contribution in [0.25, 0.3) is 33.5 Å². The van der Waals surface area contributed by atoms with Gasteiger partial charge in [0.25, 0.3) is 0 Å². The molecule has 1 heterocycles. The van der Waals surface area contributed by atoms with Crippen LogP contribution in [-0.2, 0) is 0 Å². The van der Waals surface area contributed by atoms with Gasteiger partial charge in [0, 0.05) is 11.1 Å². The van der Waals surface area contributed by atoms with Gasteiger partial charge >= 0.3 is 7.69 Å². The van der Waals surface area contributed by atoms with Gasteiger partial charge in [-0.05, 0) is 36.4 Å². The Morgan fingerprint density at radius 2 is 1.16 bits per heavy atom. The zero-order valence-electron chi connectivity index (χ0n) is 13.3. The predicted octanol–water partition coefficient (Wildman–Crippen LogP) is 3.87. The number of hydrogen-bond donors (Lipinski definition) is 1. The normalized spacial score (nSPS) is 10.6. The third kappa shape index (κ3) is 3.10. The van der Waals surface area contributed by atoms with Crippen LogP contribution in [0.15, 0.2) is 78.9 Å². The van der Waals surface area contributed by atoms with Gasteiger partial charge in [-0.3, -0.25) is 0 Å². The summed E-state index contributed by atoms with van der Waals surface area (Å²) in [7, 11) is 0.667. The highest BCUT2D eigenvalue weighted by Gasteiger charge is 2.13. The van der Waals surface area contributed by atoms with Crippen molar-refractivity contribution in [2.75, 3.05) is 0 Å². The van der Waals surface area contributed by atoms with Gasteiger partial charge in [0.05, 0.1) is 22.4 Å². The number of nitrogens with zero attached hydrogens (tertiary/aromatic N) is 2. The molecule has 0 bridgehead atoms. The van der Waals surface area contributed by atoms with E-state index in [0.717, 1.165) is 33.5 Å². The molecular weight excluding hydrogens is 311 g/mol. The Morgan fingerprint density at radius 1 is 0.640 bits per heavy atom. The maximum atomic E-state index is 8.75. The van der Waals surface area contributed by atoms with E-state index >= 15 is 0 Å². The van der Waals surface area contributed by atoms with Crippen molar-refractivity contribution in [2.24, 2.45) is 0 Å². The van der Waals surface area contributed by atoms with Gasteiger partial charge in [0.15, 0.2) is 0 Å². The first-order valence-electron chi connectivity index (χ1n) is 7.90. The van der Waals surface area contributed by atoms with Crippen molar-refractivity contribution < 1.29 is 9.68 Å². The van der Waals surface area contributed by atoms with E-state index in [9.17, 15) is 0 Å². The molecule has 4 aromatic rings. The molecule has 4 rings (SSSR count). The largest absolute Gasteiger partial charge is 0.569 e. The number of fused-ring (bicyclic) bond motifs is 1. The molecular formula is C20H14BN2O2. The lowest BCUT2D eigenvalue weighted by Crippen LogP contribution is -1.99. The highest BCUT2D eigenvalue weighted by Crippen LogP contribution is 2.31. The number of aromatic nitrogens is 2. The molecule has 5 heteroatoms. The quantitative estimate of drug-likeness (QED) is 0.579. The molecule has 4 nitrogen and oxygen atoms in total. The van der Waals surface area contributed by atoms with Crippen LogP contribution in [0.1, 0.15) is 0 Å². The lowest BCUT2D eigenvalue weighted by atomic mass is 10.0. The third-order valence-corrected chi connectivity index (χ3v) is 3.93. The van der Waals surface area contributed by atoms with E-state index in [0.29, 0.717) is 13.4 Å². The third-order valence-electron chi connectivity index (χ3n) is 3.93. The molecule has 119 valence electrons. The summed E-state index contributed by atoms with van der Waals surface area (Å²) in [4.78, 5) is 9.68. The Morgan fingerprint density at radius 3 is 1.72 bits per heavy atom. The summed E-state index contributed by atoms with van der Waals surface area (Å²) in [5.74, 6) is 0.557. The summed E-state index contributed by atoms with van der Waals surface area (Å²) in [6, 6.07) is 25.2. The van der Waals surface area contributed by atoms with Crippen molar-refractivity contribution in [2.45, 2.75) is 0 Å². The van der Waals surface area contributed by atoms with Crippen LogP contribution in [0, 0.1) is 0 Å². The fourth-order valence-electron chi connectivity index (χ4n) is 2.75. The molecule has 0 saturated carbocycles. The molecule has 0 spiro atoms. The standard InChI is InChI=1S/C20H14BN2O2/c24-21-25-16-12-10-15(11-13-16)20-19(14-6-2-1-3-7-14)22-17-8-4-5-9-18(17)23-20/h1-13,24H. The number of para-hydroxylation sites is 2. The second-order valence-electron chi connectivity index (χ2n) is 5.52. The van der Waals surface area contributed by atoms with Crippen molar-refractivity contribution in [1.82, 2.24) is 9.97 Å². The van der Waals surface area contributed by atoms with Crippen LogP contribution in [-0.4, -0.2) is 22.7 Å². The molecule has 3 aromatic carbocycles. The summed E-state index contributed by atoms with van der Waals surface area (Å²) in [5.41, 5.74) is 5.30. The monoisotopic (exact) mass is 325 g/mol. The molecule has 1 radical (unpaired) electrons. The van der Waals surface area contributed by atoms with Crippen molar-refractivity contribution in [3.05, 3.63) is 78.9 Å². The van der Waals surface area contributed by atoms with Crippen LogP contribution in [0.4, 0.5) is 0 Å². The Labute approximate surface area is 146 Å². The summed E-state index contributed by atoms with van der Waals surface area (Å²) in [5, 5.41) is 8.75. The van der Waals surface area contributed by atoms with E-state index in [2.05, 4.69) is 0 Å². The van der Waals surface area contributed by atoms with Crippen molar-refractivity contribution >= 4 is 18.7 Å². The van der Waals surface area contributed by atoms with E-state index in [-0.39, 0.29) is 0 Å². The first-order valence-corrected chi connectivity index (χ1v) is 7.90.